The van der Waals surface area contributed by atoms with E-state index < -0.39 is 55.1 Å². The molecule has 262 valence electrons. The van der Waals surface area contributed by atoms with E-state index in [-0.39, 0.29) is 24.9 Å². The average Bonchev–Trinajstić information content (AvgIpc) is 3.09. The van der Waals surface area contributed by atoms with Crippen molar-refractivity contribution in [2.45, 2.75) is 78.1 Å². The van der Waals surface area contributed by atoms with Crippen molar-refractivity contribution in [3.05, 3.63) is 60.2 Å². The number of nitrogens with zero attached hydrogens (tertiary/aromatic N) is 2. The van der Waals surface area contributed by atoms with Crippen LogP contribution in [-0.4, -0.2) is 56.7 Å². The predicted molar refractivity (Wildman–Crippen MR) is 173 cm³/mol. The second-order valence-electron chi connectivity index (χ2n) is 10.5. The van der Waals surface area contributed by atoms with Crippen molar-refractivity contribution >= 4 is 23.9 Å². The minimum atomic E-state index is -0.628. The Balaban J connectivity index is 1.52. The average molecular weight is 888 g/mol. The molecule has 3 N–H and O–H groups in total. The third-order valence-corrected chi connectivity index (χ3v) is 10.2. The van der Waals surface area contributed by atoms with E-state index >= 15 is 0 Å². The van der Waals surface area contributed by atoms with Crippen molar-refractivity contribution in [1.29, 1.82) is 0 Å². The zero-order valence-corrected chi connectivity index (χ0v) is 32.1. The summed E-state index contributed by atoms with van der Waals surface area (Å²) < 4.78 is 20.1. The van der Waals surface area contributed by atoms with E-state index in [2.05, 4.69) is 49.5 Å². The first-order valence-corrected chi connectivity index (χ1v) is 20.4. The van der Waals surface area contributed by atoms with Crippen molar-refractivity contribution in [3.8, 4) is 19.7 Å². The molecule has 2 rings (SSSR count). The van der Waals surface area contributed by atoms with Crippen molar-refractivity contribution in [2.24, 2.45) is 0 Å². The van der Waals surface area contributed by atoms with Gasteiger partial charge in [0, 0.05) is 0 Å². The first-order chi connectivity index (χ1) is 23.4. The van der Waals surface area contributed by atoms with Crippen LogP contribution in [0, 0.1) is 19.7 Å². The third kappa shape index (κ3) is 19.4. The number of aromatic nitrogens is 2. The number of unbranched alkanes of at least 4 members (excludes halogenated alkanes) is 6. The molecule has 0 aromatic carbocycles. The zero-order chi connectivity index (χ0) is 34.7. The summed E-state index contributed by atoms with van der Waals surface area (Å²) in [5.74, 6) is 5.76. The summed E-state index contributed by atoms with van der Waals surface area (Å²) in [6, 6.07) is 7.23. The van der Waals surface area contributed by atoms with E-state index in [0.29, 0.717) is 37.2 Å². The molecule has 0 bridgehead atoms. The number of ketones is 1. The molecule has 0 fully saturated rings. The van der Waals surface area contributed by atoms with Gasteiger partial charge in [0.15, 0.2) is 0 Å². The number of hydrogen-bond acceptors (Lipinski definition) is 6. The molecule has 0 radical (unpaired) electrons. The molecule has 3 amide bonds. The molecule has 0 aliphatic carbocycles. The summed E-state index contributed by atoms with van der Waals surface area (Å²) in [6.07, 6.45) is 15.6. The first kappa shape index (κ1) is 40.7. The van der Waals surface area contributed by atoms with Crippen molar-refractivity contribution in [1.82, 2.24) is 16.0 Å². The van der Waals surface area contributed by atoms with Gasteiger partial charge in [-0.3, -0.25) is 0 Å². The van der Waals surface area contributed by atoms with Gasteiger partial charge >= 0.3 is 308 Å². The minimum absolute atomic E-state index is 0.0603. The first-order valence-electron chi connectivity index (χ1n) is 16.3. The molecule has 0 saturated carbocycles. The normalized spacial score (nSPS) is 10.2. The molecule has 11 nitrogen and oxygen atoms in total. The van der Waals surface area contributed by atoms with E-state index in [4.69, 9.17) is 9.47 Å². The number of hydrogen-bond donors (Lipinski definition) is 3. The van der Waals surface area contributed by atoms with Crippen molar-refractivity contribution in [2.75, 3.05) is 32.8 Å². The van der Waals surface area contributed by atoms with Crippen LogP contribution in [0.2, 0.25) is 0 Å². The van der Waals surface area contributed by atoms with Gasteiger partial charge in [0.2, 0.25) is 0 Å². The van der Waals surface area contributed by atoms with Crippen LogP contribution < -0.4 is 64.5 Å². The quantitative estimate of drug-likeness (QED) is 0.0605. The summed E-state index contributed by atoms with van der Waals surface area (Å²) >= 11 is -1.24. The number of amides is 3. The standard InChI is InChI=1S/C35H47I2N5O6/c1-3-5-21-39-34(45)47-28-12-19-36-41-24-15-30(16-25-41)32(43)14-10-8-7-9-11-23-38-33(44)31-17-26-42(27-18-31)37-20-13-29-48-35(46)40-22-6-4-2/h15-18,24-27H,3-11,14,21-23,28-29H2,1-2H3,(H,38,44)(H,39,45)(H,40,46). The number of pyridine rings is 2. The van der Waals surface area contributed by atoms with Gasteiger partial charge in [-0.15, -0.1) is 0 Å². The molecule has 0 unspecified atom stereocenters. The second kappa shape index (κ2) is 26.5. The van der Waals surface area contributed by atoms with Gasteiger partial charge in [-0.1, -0.05) is 0 Å². The Hall–Kier alpha value is -3.44. The van der Waals surface area contributed by atoms with Crippen molar-refractivity contribution < 1.29 is 77.2 Å². The fraction of sp³-hybridized carbons (Fsp3) is 0.486. The van der Waals surface area contributed by atoms with Crippen LogP contribution in [0.5, 0.6) is 0 Å². The van der Waals surface area contributed by atoms with E-state index in [1.54, 1.807) is 12.1 Å². The molecule has 13 heteroatoms. The van der Waals surface area contributed by atoms with Crippen LogP contribution in [0.1, 0.15) is 98.8 Å². The molecule has 0 aliphatic rings. The molecule has 2 aromatic rings. The van der Waals surface area contributed by atoms with Gasteiger partial charge < -0.3 is 0 Å². The summed E-state index contributed by atoms with van der Waals surface area (Å²) in [5, 5.41) is 8.32. The topological polar surface area (TPSA) is 131 Å². The van der Waals surface area contributed by atoms with Gasteiger partial charge in [-0.2, -0.15) is 0 Å². The maximum atomic E-state index is 12.6. The van der Waals surface area contributed by atoms with E-state index in [9.17, 15) is 19.2 Å². The Morgan fingerprint density at radius 2 is 1.08 bits per heavy atom. The van der Waals surface area contributed by atoms with Crippen LogP contribution in [-0.2, 0) is 9.47 Å². The Kier molecular flexibility index (Phi) is 22.5. The Morgan fingerprint density at radius 1 is 0.625 bits per heavy atom. The van der Waals surface area contributed by atoms with E-state index in [1.165, 1.54) is 0 Å². The number of nitrogens with one attached hydrogen (secondary N) is 3. The molecule has 48 heavy (non-hydrogen) atoms. The molecule has 0 aliphatic heterocycles. The molecular weight excluding hydrogens is 840 g/mol. The number of alkyl carbamates (subject to hydrolysis) is 2. The predicted octanol–water partition coefficient (Wildman–Crippen LogP) is -2.11. The van der Waals surface area contributed by atoms with E-state index in [0.717, 1.165) is 57.8 Å². The van der Waals surface area contributed by atoms with Gasteiger partial charge in [0.1, 0.15) is 0 Å². The van der Waals surface area contributed by atoms with E-state index in [1.807, 2.05) is 42.5 Å². The number of carbonyl (C=O) groups is 4. The second-order valence-corrected chi connectivity index (χ2v) is 14.8. The molecule has 2 heterocycles. The van der Waals surface area contributed by atoms with Gasteiger partial charge in [0.25, 0.3) is 0 Å². The number of halogens is 2. The van der Waals surface area contributed by atoms with Crippen LogP contribution in [0.25, 0.3) is 0 Å². The summed E-state index contributed by atoms with van der Waals surface area (Å²) in [6.45, 7) is 6.06. The van der Waals surface area contributed by atoms with Crippen LogP contribution in [0.4, 0.5) is 9.59 Å². The maximum absolute atomic E-state index is 12.6. The van der Waals surface area contributed by atoms with Crippen LogP contribution >= 0.6 is 0 Å². The molecule has 0 atom stereocenters. The number of Topliss-reactive ketones (excluding diaryl/α,β-unsaturated/α-hetero) is 1. The fourth-order valence-corrected chi connectivity index (χ4v) is 6.40. The van der Waals surface area contributed by atoms with Crippen LogP contribution in [0.3, 0.4) is 0 Å². The number of carbonyl (C=O) groups excluding carboxylic acids is 4. The van der Waals surface area contributed by atoms with Gasteiger partial charge in [-0.05, 0) is 0 Å². The zero-order valence-electron chi connectivity index (χ0n) is 27.8. The summed E-state index contributed by atoms with van der Waals surface area (Å²) in [7, 11) is 0. The monoisotopic (exact) mass is 887 g/mol. The SMILES string of the molecule is CCCCNC(=O)OCC#C[I-][n+]1ccc(C(=O)CCCCCCCNC(=O)c2cc[n+]([I-]C#CCOC(=O)NCCCC)cc2)cc1. The molecular formula is C35H47I2N5O6. The Morgan fingerprint density at radius 3 is 1.60 bits per heavy atom. The summed E-state index contributed by atoms with van der Waals surface area (Å²) in [5.41, 5.74) is 1.30. The summed E-state index contributed by atoms with van der Waals surface area (Å²) in [4.78, 5) is 48.0. The van der Waals surface area contributed by atoms with Gasteiger partial charge in [-0.25, -0.2) is 0 Å². The molecule has 0 saturated heterocycles. The third-order valence-electron chi connectivity index (χ3n) is 6.60. The van der Waals surface area contributed by atoms with Crippen LogP contribution in [0.15, 0.2) is 49.1 Å². The van der Waals surface area contributed by atoms with Crippen molar-refractivity contribution in [3.63, 3.8) is 0 Å². The molecule has 2 aromatic heterocycles. The Bertz CT molecular complexity index is 1290. The Labute approximate surface area is 305 Å². The number of rotatable bonds is 20. The fourth-order valence-electron chi connectivity index (χ4n) is 3.91. The van der Waals surface area contributed by atoms with Gasteiger partial charge in [0.05, 0.1) is 0 Å². The number of ether oxygens (including phenoxy) is 2. The molecule has 0 spiro atoms.